The van der Waals surface area contributed by atoms with Crippen LogP contribution in [0, 0.1) is 23.2 Å². The van der Waals surface area contributed by atoms with Gasteiger partial charge in [0.25, 0.3) is 0 Å². The van der Waals surface area contributed by atoms with Crippen molar-refractivity contribution >= 4 is 21.8 Å². The molecular weight excluding hydrogens is 302 g/mol. The first-order valence-corrected chi connectivity index (χ1v) is 8.74. The Morgan fingerprint density at radius 1 is 1.21 bits per heavy atom. The van der Waals surface area contributed by atoms with Gasteiger partial charge < -0.3 is 5.32 Å². The fraction of sp³-hybridized carbons (Fsp3) is 0.938. The Labute approximate surface area is 127 Å². The molecule has 0 aliphatic heterocycles. The Hall–Kier alpha value is -0.0500. The molecule has 0 radical (unpaired) electrons. The summed E-state index contributed by atoms with van der Waals surface area (Å²) in [7, 11) is 0. The van der Waals surface area contributed by atoms with Gasteiger partial charge in [-0.15, -0.1) is 0 Å². The van der Waals surface area contributed by atoms with Gasteiger partial charge in [-0.05, 0) is 42.9 Å². The third-order valence-electron chi connectivity index (χ3n) is 4.62. The maximum Gasteiger partial charge on any atom is 0.223 e. The maximum atomic E-state index is 12.3. The first-order chi connectivity index (χ1) is 8.75. The molecule has 1 unspecified atom stereocenters. The fourth-order valence-electron chi connectivity index (χ4n) is 2.91. The van der Waals surface area contributed by atoms with Crippen LogP contribution in [0.1, 0.15) is 60.3 Å². The van der Waals surface area contributed by atoms with Crippen molar-refractivity contribution in [3.63, 3.8) is 0 Å². The molecule has 1 atom stereocenters. The molecule has 3 heteroatoms. The molecule has 0 spiro atoms. The van der Waals surface area contributed by atoms with Gasteiger partial charge in [-0.3, -0.25) is 4.79 Å². The fourth-order valence-corrected chi connectivity index (χ4v) is 3.82. The highest BCUT2D eigenvalue weighted by molar-refractivity contribution is 9.09. The van der Waals surface area contributed by atoms with E-state index < -0.39 is 0 Å². The highest BCUT2D eigenvalue weighted by atomic mass is 79.9. The molecule has 1 saturated carbocycles. The van der Waals surface area contributed by atoms with Crippen molar-refractivity contribution in [1.82, 2.24) is 5.32 Å². The molecule has 19 heavy (non-hydrogen) atoms. The van der Waals surface area contributed by atoms with E-state index in [0.717, 1.165) is 24.1 Å². The van der Waals surface area contributed by atoms with Gasteiger partial charge in [-0.2, -0.15) is 0 Å². The molecule has 1 amide bonds. The van der Waals surface area contributed by atoms with Crippen molar-refractivity contribution in [2.45, 2.75) is 66.3 Å². The van der Waals surface area contributed by atoms with Crippen molar-refractivity contribution in [2.24, 2.45) is 23.2 Å². The lowest BCUT2D eigenvalue weighted by molar-refractivity contribution is -0.127. The summed E-state index contributed by atoms with van der Waals surface area (Å²) in [6.45, 7) is 11.3. The van der Waals surface area contributed by atoms with Crippen molar-refractivity contribution in [3.05, 3.63) is 0 Å². The van der Waals surface area contributed by atoms with Gasteiger partial charge in [0.2, 0.25) is 5.91 Å². The predicted molar refractivity (Wildman–Crippen MR) is 85.5 cm³/mol. The Balaban J connectivity index is 2.45. The molecule has 112 valence electrons. The van der Waals surface area contributed by atoms with E-state index in [1.807, 2.05) is 0 Å². The van der Waals surface area contributed by atoms with Crippen LogP contribution in [0.4, 0.5) is 0 Å². The van der Waals surface area contributed by atoms with Gasteiger partial charge >= 0.3 is 0 Å². The number of halogens is 1. The first-order valence-electron chi connectivity index (χ1n) is 7.62. The highest BCUT2D eigenvalue weighted by Crippen LogP contribution is 2.39. The number of hydrogen-bond donors (Lipinski definition) is 1. The molecular formula is C16H30BrNO. The van der Waals surface area contributed by atoms with E-state index in [0.29, 0.717) is 11.3 Å². The molecule has 0 aromatic rings. The van der Waals surface area contributed by atoms with E-state index >= 15 is 0 Å². The molecule has 1 fully saturated rings. The first kappa shape index (κ1) is 17.0. The molecule has 0 aromatic carbocycles. The topological polar surface area (TPSA) is 29.1 Å². The minimum Gasteiger partial charge on any atom is -0.352 e. The van der Waals surface area contributed by atoms with Crippen LogP contribution in [0.25, 0.3) is 0 Å². The lowest BCUT2D eigenvalue weighted by atomic mass is 9.69. The van der Waals surface area contributed by atoms with E-state index in [9.17, 15) is 4.79 Å². The zero-order valence-corrected chi connectivity index (χ0v) is 14.7. The third-order valence-corrected chi connectivity index (χ3v) is 5.32. The smallest absolute Gasteiger partial charge is 0.223 e. The Morgan fingerprint density at radius 2 is 1.74 bits per heavy atom. The van der Waals surface area contributed by atoms with Crippen LogP contribution >= 0.6 is 15.9 Å². The molecule has 1 N–H and O–H groups in total. The number of nitrogens with one attached hydrogen (secondary N) is 1. The second-order valence-corrected chi connectivity index (χ2v) is 8.08. The van der Waals surface area contributed by atoms with Crippen LogP contribution in [0.3, 0.4) is 0 Å². The second kappa shape index (κ2) is 7.10. The highest BCUT2D eigenvalue weighted by Gasteiger charge is 2.32. The van der Waals surface area contributed by atoms with Crippen molar-refractivity contribution < 1.29 is 4.79 Å². The molecule has 0 aromatic heterocycles. The largest absolute Gasteiger partial charge is 0.352 e. The van der Waals surface area contributed by atoms with Crippen molar-refractivity contribution in [1.29, 1.82) is 0 Å². The van der Waals surface area contributed by atoms with E-state index in [2.05, 4.69) is 55.9 Å². The zero-order chi connectivity index (χ0) is 14.6. The molecule has 0 saturated heterocycles. The monoisotopic (exact) mass is 331 g/mol. The summed E-state index contributed by atoms with van der Waals surface area (Å²) in [6.07, 6.45) is 4.51. The molecule has 0 heterocycles. The lowest BCUT2D eigenvalue weighted by Gasteiger charge is -2.37. The van der Waals surface area contributed by atoms with E-state index in [4.69, 9.17) is 0 Å². The SMILES string of the molecule is CC(C)C(CBr)NC(=O)C1CCC(C(C)(C)C)CC1. The maximum absolute atomic E-state index is 12.3. The molecule has 2 nitrogen and oxygen atoms in total. The molecule has 1 aliphatic rings. The van der Waals surface area contributed by atoms with E-state index in [-0.39, 0.29) is 17.9 Å². The van der Waals surface area contributed by atoms with Crippen LogP contribution < -0.4 is 5.32 Å². The normalized spacial score (nSPS) is 26.3. The average molecular weight is 332 g/mol. The van der Waals surface area contributed by atoms with Crippen LogP contribution in [0.2, 0.25) is 0 Å². The van der Waals surface area contributed by atoms with Gasteiger partial charge in [0.15, 0.2) is 0 Å². The number of hydrogen-bond acceptors (Lipinski definition) is 1. The van der Waals surface area contributed by atoms with Gasteiger partial charge in [0.05, 0.1) is 0 Å². The molecule has 0 bridgehead atoms. The zero-order valence-electron chi connectivity index (χ0n) is 13.1. The lowest BCUT2D eigenvalue weighted by Crippen LogP contribution is -2.44. The van der Waals surface area contributed by atoms with Gasteiger partial charge in [-0.1, -0.05) is 50.5 Å². The third kappa shape index (κ3) is 5.09. The van der Waals surface area contributed by atoms with Crippen LogP contribution in [-0.4, -0.2) is 17.3 Å². The summed E-state index contributed by atoms with van der Waals surface area (Å²) in [5, 5.41) is 4.04. The number of alkyl halides is 1. The summed E-state index contributed by atoms with van der Waals surface area (Å²) in [5.74, 6) is 1.76. The van der Waals surface area contributed by atoms with Crippen molar-refractivity contribution in [2.75, 3.05) is 5.33 Å². The van der Waals surface area contributed by atoms with Crippen LogP contribution in [0.15, 0.2) is 0 Å². The standard InChI is InChI=1S/C16H30BrNO/c1-11(2)14(10-17)18-15(19)12-6-8-13(9-7-12)16(3,4)5/h11-14H,6-10H2,1-5H3,(H,18,19). The Morgan fingerprint density at radius 3 is 2.11 bits per heavy atom. The minimum absolute atomic E-state index is 0.235. The Bertz CT molecular complexity index is 288. The summed E-state index contributed by atoms with van der Waals surface area (Å²) < 4.78 is 0. The quantitative estimate of drug-likeness (QED) is 0.761. The van der Waals surface area contributed by atoms with Crippen LogP contribution in [0.5, 0.6) is 0 Å². The van der Waals surface area contributed by atoms with Gasteiger partial charge in [-0.25, -0.2) is 0 Å². The molecule has 1 aliphatic carbocycles. The summed E-state index contributed by atoms with van der Waals surface area (Å²) >= 11 is 3.49. The number of carbonyl (C=O) groups excluding carboxylic acids is 1. The summed E-state index contributed by atoms with van der Waals surface area (Å²) in [4.78, 5) is 12.3. The van der Waals surface area contributed by atoms with Crippen LogP contribution in [-0.2, 0) is 4.79 Å². The Kier molecular flexibility index (Phi) is 6.35. The second-order valence-electron chi connectivity index (χ2n) is 7.43. The number of carbonyl (C=O) groups is 1. The van der Waals surface area contributed by atoms with Gasteiger partial charge in [0.1, 0.15) is 0 Å². The minimum atomic E-state index is 0.235. The number of amides is 1. The van der Waals surface area contributed by atoms with E-state index in [1.54, 1.807) is 0 Å². The average Bonchev–Trinajstić information content (AvgIpc) is 2.34. The summed E-state index contributed by atoms with van der Waals surface area (Å²) in [6, 6.07) is 0.257. The predicted octanol–water partition coefficient (Wildman–Crippen LogP) is 4.37. The van der Waals surface area contributed by atoms with E-state index in [1.165, 1.54) is 12.8 Å². The summed E-state index contributed by atoms with van der Waals surface area (Å²) in [5.41, 5.74) is 0.387. The number of rotatable bonds is 4. The van der Waals surface area contributed by atoms with Gasteiger partial charge in [0, 0.05) is 17.3 Å². The van der Waals surface area contributed by atoms with Crippen molar-refractivity contribution in [3.8, 4) is 0 Å². The molecule has 1 rings (SSSR count).